The Bertz CT molecular complexity index is 280. The van der Waals surface area contributed by atoms with Crippen LogP contribution in [0.2, 0.25) is 0 Å². The summed E-state index contributed by atoms with van der Waals surface area (Å²) in [4.78, 5) is 13.3. The molecule has 1 aliphatic carbocycles. The molecule has 19 heavy (non-hydrogen) atoms. The van der Waals surface area contributed by atoms with Gasteiger partial charge in [0.2, 0.25) is 0 Å². The summed E-state index contributed by atoms with van der Waals surface area (Å²) >= 11 is 0. The summed E-state index contributed by atoms with van der Waals surface area (Å²) in [6.07, 6.45) is -1.74. The summed E-state index contributed by atoms with van der Waals surface area (Å²) in [5.74, 6) is -0.286. The molecule has 1 rings (SSSR count). The Labute approximate surface area is 110 Å². The Balaban J connectivity index is 2.14. The lowest BCUT2D eigenvalue weighted by Crippen LogP contribution is -2.34. The predicted molar refractivity (Wildman–Crippen MR) is 62.7 cm³/mol. The van der Waals surface area contributed by atoms with Gasteiger partial charge in [-0.15, -0.1) is 0 Å². The Morgan fingerprint density at radius 2 is 2.05 bits per heavy atom. The van der Waals surface area contributed by atoms with Crippen LogP contribution in [0.3, 0.4) is 0 Å². The average molecular weight is 283 g/mol. The van der Waals surface area contributed by atoms with Crippen LogP contribution < -0.4 is 0 Å². The zero-order chi connectivity index (χ0) is 14.3. The van der Waals surface area contributed by atoms with E-state index in [0.717, 1.165) is 12.8 Å². The van der Waals surface area contributed by atoms with E-state index in [1.165, 1.54) is 0 Å². The number of hydrogen-bond acceptors (Lipinski definition) is 4. The van der Waals surface area contributed by atoms with E-state index in [-0.39, 0.29) is 19.1 Å². The molecule has 7 heteroatoms. The van der Waals surface area contributed by atoms with Crippen molar-refractivity contribution in [3.8, 4) is 0 Å². The number of nitrogens with zero attached hydrogens (tertiary/aromatic N) is 1. The largest absolute Gasteiger partial charge is 0.465 e. The van der Waals surface area contributed by atoms with E-state index in [9.17, 15) is 18.0 Å². The minimum atomic E-state index is -4.28. The number of halogens is 3. The van der Waals surface area contributed by atoms with Crippen LogP contribution >= 0.6 is 0 Å². The van der Waals surface area contributed by atoms with Crippen molar-refractivity contribution in [2.45, 2.75) is 38.4 Å². The molecule has 0 spiro atoms. The van der Waals surface area contributed by atoms with Gasteiger partial charge in [0.15, 0.2) is 0 Å². The van der Waals surface area contributed by atoms with E-state index in [1.54, 1.807) is 6.92 Å². The monoisotopic (exact) mass is 283 g/mol. The molecule has 4 nitrogen and oxygen atoms in total. The molecule has 0 atom stereocenters. The van der Waals surface area contributed by atoms with Gasteiger partial charge >= 0.3 is 12.1 Å². The van der Waals surface area contributed by atoms with Crippen LogP contribution in [0, 0.1) is 0 Å². The number of alkyl halides is 3. The summed E-state index contributed by atoms with van der Waals surface area (Å²) in [6, 6.07) is 0.368. The van der Waals surface area contributed by atoms with Gasteiger partial charge in [-0.25, -0.2) is 0 Å². The normalized spacial score (nSPS) is 15.8. The molecular formula is C12H20F3NO3. The first-order valence-corrected chi connectivity index (χ1v) is 6.46. The summed E-state index contributed by atoms with van der Waals surface area (Å²) in [5, 5.41) is 0. The van der Waals surface area contributed by atoms with Crippen molar-refractivity contribution in [2.75, 3.05) is 32.9 Å². The standard InChI is InChI=1S/C12H20F3NO3/c1-2-19-11(17)8-16(10-4-5-10)6-3-7-18-9-12(13,14)15/h10H,2-9H2,1H3. The van der Waals surface area contributed by atoms with Gasteiger partial charge in [0, 0.05) is 19.2 Å². The number of ether oxygens (including phenoxy) is 2. The second kappa shape index (κ2) is 7.69. The third-order valence-corrected chi connectivity index (χ3v) is 2.70. The molecule has 0 unspecified atom stereocenters. The van der Waals surface area contributed by atoms with E-state index in [0.29, 0.717) is 25.6 Å². The number of hydrogen-bond donors (Lipinski definition) is 0. The maximum atomic E-state index is 11.8. The molecule has 0 saturated heterocycles. The molecular weight excluding hydrogens is 263 g/mol. The molecule has 0 aromatic heterocycles. The fraction of sp³-hybridized carbons (Fsp3) is 0.917. The highest BCUT2D eigenvalue weighted by atomic mass is 19.4. The van der Waals surface area contributed by atoms with Crippen molar-refractivity contribution in [1.82, 2.24) is 4.90 Å². The minimum absolute atomic E-state index is 0.0472. The highest BCUT2D eigenvalue weighted by Gasteiger charge is 2.30. The van der Waals surface area contributed by atoms with E-state index >= 15 is 0 Å². The lowest BCUT2D eigenvalue weighted by atomic mass is 10.3. The fourth-order valence-corrected chi connectivity index (χ4v) is 1.76. The molecule has 0 aliphatic heterocycles. The highest BCUT2D eigenvalue weighted by Crippen LogP contribution is 2.26. The van der Waals surface area contributed by atoms with Crippen LogP contribution in [-0.2, 0) is 14.3 Å². The first-order chi connectivity index (χ1) is 8.92. The van der Waals surface area contributed by atoms with E-state index in [4.69, 9.17) is 4.74 Å². The second-order valence-corrected chi connectivity index (χ2v) is 4.53. The van der Waals surface area contributed by atoms with E-state index in [2.05, 4.69) is 4.74 Å². The van der Waals surface area contributed by atoms with Gasteiger partial charge in [-0.1, -0.05) is 0 Å². The van der Waals surface area contributed by atoms with Gasteiger partial charge in [0.25, 0.3) is 0 Å². The first kappa shape index (κ1) is 16.2. The predicted octanol–water partition coefficient (Wildman–Crippen LogP) is 1.98. The molecule has 0 aromatic rings. The summed E-state index contributed by atoms with van der Waals surface area (Å²) in [7, 11) is 0. The van der Waals surface area contributed by atoms with Crippen LogP contribution in [0.15, 0.2) is 0 Å². The molecule has 112 valence electrons. The van der Waals surface area contributed by atoms with Crippen molar-refractivity contribution in [1.29, 1.82) is 0 Å². The maximum absolute atomic E-state index is 11.8. The van der Waals surface area contributed by atoms with Crippen LogP contribution in [0.4, 0.5) is 13.2 Å². The van der Waals surface area contributed by atoms with Gasteiger partial charge in [0.05, 0.1) is 13.2 Å². The number of carbonyl (C=O) groups excluding carboxylic acids is 1. The molecule has 0 N–H and O–H groups in total. The summed E-state index contributed by atoms with van der Waals surface area (Å²) in [6.45, 7) is 1.68. The van der Waals surface area contributed by atoms with Crippen molar-refractivity contribution < 1.29 is 27.4 Å². The molecule has 1 fully saturated rings. The van der Waals surface area contributed by atoms with Crippen molar-refractivity contribution in [2.24, 2.45) is 0 Å². The Morgan fingerprint density at radius 3 is 2.58 bits per heavy atom. The van der Waals surface area contributed by atoms with E-state index in [1.807, 2.05) is 4.90 Å². The third kappa shape index (κ3) is 8.05. The van der Waals surface area contributed by atoms with Gasteiger partial charge in [-0.2, -0.15) is 13.2 Å². The van der Waals surface area contributed by atoms with E-state index < -0.39 is 12.8 Å². The number of esters is 1. The SMILES string of the molecule is CCOC(=O)CN(CCCOCC(F)(F)F)C1CC1. The molecule has 0 aromatic carbocycles. The highest BCUT2D eigenvalue weighted by molar-refractivity contribution is 5.71. The third-order valence-electron chi connectivity index (χ3n) is 2.70. The van der Waals surface area contributed by atoms with Crippen molar-refractivity contribution in [3.05, 3.63) is 0 Å². The number of carbonyl (C=O) groups is 1. The maximum Gasteiger partial charge on any atom is 0.411 e. The smallest absolute Gasteiger partial charge is 0.411 e. The van der Waals surface area contributed by atoms with Gasteiger partial charge in [0.1, 0.15) is 6.61 Å². The zero-order valence-corrected chi connectivity index (χ0v) is 11.0. The average Bonchev–Trinajstić information content (AvgIpc) is 3.09. The topological polar surface area (TPSA) is 38.8 Å². The lowest BCUT2D eigenvalue weighted by Gasteiger charge is -2.20. The molecule has 1 saturated carbocycles. The quantitative estimate of drug-likeness (QED) is 0.479. The molecule has 0 amide bonds. The van der Waals surface area contributed by atoms with Crippen LogP contribution in [0.5, 0.6) is 0 Å². The molecule has 0 radical (unpaired) electrons. The van der Waals surface area contributed by atoms with Crippen molar-refractivity contribution in [3.63, 3.8) is 0 Å². The van der Waals surface area contributed by atoms with Gasteiger partial charge in [-0.05, 0) is 26.2 Å². The van der Waals surface area contributed by atoms with Crippen LogP contribution in [-0.4, -0.2) is 56.0 Å². The van der Waals surface area contributed by atoms with Crippen LogP contribution in [0.1, 0.15) is 26.2 Å². The van der Waals surface area contributed by atoms with Crippen molar-refractivity contribution >= 4 is 5.97 Å². The summed E-state index contributed by atoms with van der Waals surface area (Å²) < 4.78 is 44.9. The Kier molecular flexibility index (Phi) is 6.57. The summed E-state index contributed by atoms with van der Waals surface area (Å²) in [5.41, 5.74) is 0. The second-order valence-electron chi connectivity index (χ2n) is 4.53. The van der Waals surface area contributed by atoms with Crippen LogP contribution in [0.25, 0.3) is 0 Å². The van der Waals surface area contributed by atoms with Gasteiger partial charge < -0.3 is 9.47 Å². The first-order valence-electron chi connectivity index (χ1n) is 6.46. The Hall–Kier alpha value is -0.820. The Morgan fingerprint density at radius 1 is 1.37 bits per heavy atom. The zero-order valence-electron chi connectivity index (χ0n) is 11.0. The molecule has 0 bridgehead atoms. The fourth-order valence-electron chi connectivity index (χ4n) is 1.76. The number of rotatable bonds is 9. The minimum Gasteiger partial charge on any atom is -0.465 e. The van der Waals surface area contributed by atoms with Gasteiger partial charge in [-0.3, -0.25) is 9.69 Å². The molecule has 1 aliphatic rings. The lowest BCUT2D eigenvalue weighted by molar-refractivity contribution is -0.174. The molecule has 0 heterocycles.